The van der Waals surface area contributed by atoms with Gasteiger partial charge in [-0.2, -0.15) is 13.2 Å². The summed E-state index contributed by atoms with van der Waals surface area (Å²) in [4.78, 5) is 41.9. The van der Waals surface area contributed by atoms with E-state index in [0.717, 1.165) is 42.4 Å². The number of halogens is 4. The number of carbonyl (C=O) groups excluding carboxylic acids is 3. The highest BCUT2D eigenvalue weighted by Crippen LogP contribution is 2.38. The van der Waals surface area contributed by atoms with E-state index in [0.29, 0.717) is 15.3 Å². The number of amides is 1. The smallest absolute Gasteiger partial charge is 0.416 e. The number of aromatic nitrogens is 1. The second kappa shape index (κ2) is 11.3. The van der Waals surface area contributed by atoms with Gasteiger partial charge in [0.1, 0.15) is 28.7 Å². The van der Waals surface area contributed by atoms with E-state index in [-0.39, 0.29) is 52.9 Å². The van der Waals surface area contributed by atoms with E-state index in [4.69, 9.17) is 9.47 Å². The molecule has 0 bridgehead atoms. The summed E-state index contributed by atoms with van der Waals surface area (Å²) >= 11 is 1.08. The van der Waals surface area contributed by atoms with Gasteiger partial charge in [-0.1, -0.05) is 29.5 Å². The van der Waals surface area contributed by atoms with Gasteiger partial charge >= 0.3 is 12.1 Å². The molecule has 4 aromatic rings. The van der Waals surface area contributed by atoms with Gasteiger partial charge in [0.05, 0.1) is 22.9 Å². The normalized spacial score (nSPS) is 13.2. The number of Topliss-reactive ketones (excluding diaryl/α,β-unsaturated/α-hetero) is 1. The Morgan fingerprint density at radius 3 is 2.54 bits per heavy atom. The molecule has 212 valence electrons. The van der Waals surface area contributed by atoms with Crippen LogP contribution in [0.25, 0.3) is 10.2 Å². The molecule has 12 heteroatoms. The van der Waals surface area contributed by atoms with E-state index in [1.165, 1.54) is 37.4 Å². The van der Waals surface area contributed by atoms with E-state index in [1.54, 1.807) is 6.07 Å². The van der Waals surface area contributed by atoms with Crippen molar-refractivity contribution in [3.8, 4) is 11.5 Å². The molecule has 1 aromatic heterocycles. The number of alkyl halides is 3. The minimum absolute atomic E-state index is 0.0250. The fourth-order valence-electron chi connectivity index (χ4n) is 4.20. The van der Waals surface area contributed by atoms with Gasteiger partial charge in [-0.3, -0.25) is 9.59 Å². The van der Waals surface area contributed by atoms with Crippen molar-refractivity contribution < 1.29 is 41.4 Å². The lowest BCUT2D eigenvalue weighted by Crippen LogP contribution is -2.12. The molecule has 1 fully saturated rings. The molecule has 3 aromatic carbocycles. The second-order valence-corrected chi connectivity index (χ2v) is 10.5. The van der Waals surface area contributed by atoms with Crippen LogP contribution in [0.5, 0.6) is 11.5 Å². The molecule has 1 heterocycles. The van der Waals surface area contributed by atoms with Crippen molar-refractivity contribution in [1.82, 2.24) is 4.98 Å². The van der Waals surface area contributed by atoms with Crippen molar-refractivity contribution in [2.75, 3.05) is 12.4 Å². The van der Waals surface area contributed by atoms with E-state index in [2.05, 4.69) is 10.3 Å². The molecule has 1 aliphatic rings. The van der Waals surface area contributed by atoms with Crippen LogP contribution in [0.1, 0.15) is 39.9 Å². The lowest BCUT2D eigenvalue weighted by molar-refractivity contribution is -0.137. The van der Waals surface area contributed by atoms with E-state index >= 15 is 0 Å². The molecule has 41 heavy (non-hydrogen) atoms. The van der Waals surface area contributed by atoms with Gasteiger partial charge in [0.2, 0.25) is 5.91 Å². The van der Waals surface area contributed by atoms with E-state index in [1.807, 2.05) is 0 Å². The zero-order valence-corrected chi connectivity index (χ0v) is 22.3. The first kappa shape index (κ1) is 28.2. The summed E-state index contributed by atoms with van der Waals surface area (Å²) in [7, 11) is 1.20. The molecule has 0 saturated heterocycles. The number of ether oxygens (including phenoxy) is 2. The molecule has 0 aliphatic heterocycles. The number of hydrogen-bond acceptors (Lipinski definition) is 7. The summed E-state index contributed by atoms with van der Waals surface area (Å²) in [6, 6.07) is 11.2. The van der Waals surface area contributed by atoms with Gasteiger partial charge < -0.3 is 14.8 Å². The van der Waals surface area contributed by atoms with Crippen molar-refractivity contribution >= 4 is 44.3 Å². The number of rotatable bonds is 9. The quantitative estimate of drug-likeness (QED) is 0.173. The van der Waals surface area contributed by atoms with Crippen molar-refractivity contribution in [2.24, 2.45) is 5.92 Å². The van der Waals surface area contributed by atoms with Gasteiger partial charge in [0.15, 0.2) is 5.13 Å². The largest absolute Gasteiger partial charge is 0.465 e. The van der Waals surface area contributed by atoms with Crippen molar-refractivity contribution in [3.63, 3.8) is 0 Å². The van der Waals surface area contributed by atoms with Crippen molar-refractivity contribution in [3.05, 3.63) is 82.7 Å². The summed E-state index contributed by atoms with van der Waals surface area (Å²) in [5.41, 5.74) is -0.246. The number of hydrogen-bond donors (Lipinski definition) is 1. The fraction of sp³-hybridized carbons (Fsp3) is 0.241. The summed E-state index contributed by atoms with van der Waals surface area (Å²) in [6.45, 7) is 0. The summed E-state index contributed by atoms with van der Waals surface area (Å²) in [5.74, 6) is -1.88. The predicted molar refractivity (Wildman–Crippen MR) is 143 cm³/mol. The fourth-order valence-corrected chi connectivity index (χ4v) is 5.19. The SMILES string of the molecule is COC(=O)c1c(Oc2ccc(F)c(CC(=O)Cc3cccc(C(F)(F)F)c3)c2)ccc2nc(NC(=O)C3CC3)sc12. The first-order valence-corrected chi connectivity index (χ1v) is 13.3. The Bertz CT molecular complexity index is 1660. The first-order valence-electron chi connectivity index (χ1n) is 12.5. The van der Waals surface area contributed by atoms with Gasteiger partial charge in [0, 0.05) is 18.8 Å². The van der Waals surface area contributed by atoms with Crippen LogP contribution in [0.4, 0.5) is 22.7 Å². The summed E-state index contributed by atoms with van der Waals surface area (Å²) in [5, 5.41) is 3.07. The molecular weight excluding hydrogens is 564 g/mol. The Labute approximate surface area is 235 Å². The maximum atomic E-state index is 14.6. The Morgan fingerprint density at radius 1 is 1.05 bits per heavy atom. The predicted octanol–water partition coefficient (Wildman–Crippen LogP) is 6.74. The van der Waals surface area contributed by atoms with E-state index in [9.17, 15) is 31.9 Å². The van der Waals surface area contributed by atoms with Crippen LogP contribution in [0.2, 0.25) is 0 Å². The zero-order valence-electron chi connectivity index (χ0n) is 21.5. The first-order chi connectivity index (χ1) is 19.5. The molecule has 7 nitrogen and oxygen atoms in total. The van der Waals surface area contributed by atoms with Gasteiger partial charge in [-0.15, -0.1) is 0 Å². The number of anilines is 1. The van der Waals surface area contributed by atoms with E-state index < -0.39 is 29.3 Å². The molecular formula is C29H22F4N2O5S. The highest BCUT2D eigenvalue weighted by atomic mass is 32.1. The number of nitrogens with zero attached hydrogens (tertiary/aromatic N) is 1. The summed E-state index contributed by atoms with van der Waals surface area (Å²) in [6.07, 6.45) is -3.62. The maximum Gasteiger partial charge on any atom is 0.416 e. The third-order valence-electron chi connectivity index (χ3n) is 6.38. The molecule has 0 unspecified atom stereocenters. The number of ketones is 1. The maximum absolute atomic E-state index is 14.6. The number of thiazole rings is 1. The number of fused-ring (bicyclic) bond motifs is 1. The Kier molecular flexibility index (Phi) is 7.76. The monoisotopic (exact) mass is 586 g/mol. The molecule has 0 atom stereocenters. The third kappa shape index (κ3) is 6.54. The highest BCUT2D eigenvalue weighted by Gasteiger charge is 2.31. The topological polar surface area (TPSA) is 94.6 Å². The molecule has 0 radical (unpaired) electrons. The average Bonchev–Trinajstić information content (AvgIpc) is 3.70. The highest BCUT2D eigenvalue weighted by molar-refractivity contribution is 7.22. The van der Waals surface area contributed by atoms with Crippen LogP contribution < -0.4 is 10.1 Å². The van der Waals surface area contributed by atoms with Crippen LogP contribution in [0, 0.1) is 11.7 Å². The minimum atomic E-state index is -4.55. The molecule has 1 N–H and O–H groups in total. The van der Waals surface area contributed by atoms with Crippen molar-refractivity contribution in [1.29, 1.82) is 0 Å². The molecule has 1 saturated carbocycles. The van der Waals surface area contributed by atoms with Crippen LogP contribution in [-0.4, -0.2) is 29.8 Å². The standard InChI is InChI=1S/C29H22F4N2O5S/c1-39-27(38)24-23(10-9-22-25(24)41-28(34-22)35-26(37)16-5-6-16)40-20-7-8-21(30)17(14-20)13-19(36)12-15-3-2-4-18(11-15)29(31,32)33/h2-4,7-11,14,16H,5-6,12-13H2,1H3,(H,34,35,37). The Balaban J connectivity index is 1.37. The molecule has 5 rings (SSSR count). The Hall–Kier alpha value is -4.32. The molecule has 1 aliphatic carbocycles. The summed E-state index contributed by atoms with van der Waals surface area (Å²) < 4.78 is 64.9. The molecule has 1 amide bonds. The number of methoxy groups -OCH3 is 1. The van der Waals surface area contributed by atoms with Crippen LogP contribution in [0.15, 0.2) is 54.6 Å². The Morgan fingerprint density at radius 2 is 1.83 bits per heavy atom. The van der Waals surface area contributed by atoms with Gasteiger partial charge in [0.25, 0.3) is 0 Å². The molecule has 0 spiro atoms. The number of benzene rings is 3. The number of esters is 1. The minimum Gasteiger partial charge on any atom is -0.465 e. The van der Waals surface area contributed by atoms with Gasteiger partial charge in [-0.05, 0) is 60.4 Å². The zero-order chi connectivity index (χ0) is 29.3. The van der Waals surface area contributed by atoms with Crippen LogP contribution in [-0.2, 0) is 33.3 Å². The third-order valence-corrected chi connectivity index (χ3v) is 7.38. The number of nitrogens with one attached hydrogen (secondary N) is 1. The number of carbonyl (C=O) groups is 3. The second-order valence-electron chi connectivity index (χ2n) is 9.51. The lowest BCUT2D eigenvalue weighted by atomic mass is 10.0. The average molecular weight is 587 g/mol. The van der Waals surface area contributed by atoms with Crippen molar-refractivity contribution in [2.45, 2.75) is 31.9 Å². The van der Waals surface area contributed by atoms with Crippen LogP contribution >= 0.6 is 11.3 Å². The van der Waals surface area contributed by atoms with Crippen LogP contribution in [0.3, 0.4) is 0 Å². The van der Waals surface area contributed by atoms with Gasteiger partial charge in [-0.25, -0.2) is 14.2 Å². The lowest BCUT2D eigenvalue weighted by Gasteiger charge is -2.12.